The van der Waals surface area contributed by atoms with E-state index in [0.717, 1.165) is 40.8 Å². The van der Waals surface area contributed by atoms with Crippen molar-refractivity contribution in [2.45, 2.75) is 32.0 Å². The molecule has 1 aromatic heterocycles. The number of pyridine rings is 1. The summed E-state index contributed by atoms with van der Waals surface area (Å²) in [4.78, 5) is 15.7. The van der Waals surface area contributed by atoms with Crippen LogP contribution in [-0.4, -0.2) is 22.7 Å². The van der Waals surface area contributed by atoms with Gasteiger partial charge >= 0.3 is 5.97 Å². The third-order valence-electron chi connectivity index (χ3n) is 5.55. The lowest BCUT2D eigenvalue weighted by atomic mass is 10.0. The van der Waals surface area contributed by atoms with Crippen molar-refractivity contribution in [2.75, 3.05) is 6.61 Å². The number of nitrogens with zero attached hydrogens (tertiary/aromatic N) is 1. The molecule has 0 aliphatic heterocycles. The van der Waals surface area contributed by atoms with Gasteiger partial charge in [0.05, 0.1) is 17.3 Å². The second-order valence-electron chi connectivity index (χ2n) is 8.07. The Balaban J connectivity index is 1.35. The minimum absolute atomic E-state index is 0.306. The van der Waals surface area contributed by atoms with Crippen LogP contribution in [0.3, 0.4) is 0 Å². The fourth-order valence-corrected chi connectivity index (χ4v) is 3.91. The molecule has 4 rings (SSSR count). The van der Waals surface area contributed by atoms with Crippen molar-refractivity contribution in [1.82, 2.24) is 4.98 Å². The Hall–Kier alpha value is -3.41. The first-order valence-electron chi connectivity index (χ1n) is 11.2. The fourth-order valence-electron chi connectivity index (χ4n) is 3.79. The van der Waals surface area contributed by atoms with Gasteiger partial charge in [-0.3, -0.25) is 0 Å². The van der Waals surface area contributed by atoms with E-state index in [-0.39, 0.29) is 12.7 Å². The van der Waals surface area contributed by atoms with Crippen molar-refractivity contribution >= 4 is 28.5 Å². The Labute approximate surface area is 203 Å². The normalized spacial score (nSPS) is 11.9. The van der Waals surface area contributed by atoms with E-state index in [1.807, 2.05) is 84.9 Å². The minimum Gasteiger partial charge on any atom is -0.487 e. The molecule has 4 aromatic rings. The summed E-state index contributed by atoms with van der Waals surface area (Å²) in [6.45, 7) is 0.0295. The number of carboxylic acid groups (broad SMARTS) is 1. The van der Waals surface area contributed by atoms with E-state index in [1.165, 1.54) is 5.56 Å². The topological polar surface area (TPSA) is 68.7 Å². The highest BCUT2D eigenvalue weighted by Crippen LogP contribution is 2.26. The van der Waals surface area contributed by atoms with Gasteiger partial charge in [0.15, 0.2) is 0 Å². The second-order valence-corrected chi connectivity index (χ2v) is 8.50. The molecule has 0 saturated carbocycles. The molecule has 34 heavy (non-hydrogen) atoms. The number of para-hydroxylation sites is 1. The maximum atomic E-state index is 11.1. The van der Waals surface area contributed by atoms with Gasteiger partial charge in [-0.1, -0.05) is 60.1 Å². The van der Waals surface area contributed by atoms with Gasteiger partial charge < -0.3 is 14.6 Å². The molecular formula is C28H26ClNO4. The van der Waals surface area contributed by atoms with Crippen LogP contribution < -0.4 is 4.74 Å². The van der Waals surface area contributed by atoms with Gasteiger partial charge in [-0.15, -0.1) is 0 Å². The monoisotopic (exact) mass is 475 g/mol. The molecule has 1 unspecified atom stereocenters. The van der Waals surface area contributed by atoms with E-state index in [0.29, 0.717) is 18.1 Å². The lowest BCUT2D eigenvalue weighted by molar-refractivity contribution is -0.144. The van der Waals surface area contributed by atoms with Crippen molar-refractivity contribution in [3.63, 3.8) is 0 Å². The number of carbonyl (C=O) groups is 1. The van der Waals surface area contributed by atoms with E-state index in [1.54, 1.807) is 0 Å². The number of carboxylic acids is 1. The molecule has 0 saturated heterocycles. The molecule has 0 aliphatic carbocycles. The van der Waals surface area contributed by atoms with Crippen LogP contribution in [0.25, 0.3) is 10.9 Å². The number of fused-ring (bicyclic) bond motifs is 1. The molecule has 1 atom stereocenters. The summed E-state index contributed by atoms with van der Waals surface area (Å²) in [5, 5.41) is 10.9. The summed E-state index contributed by atoms with van der Waals surface area (Å²) in [5.74, 6) is -0.262. The van der Waals surface area contributed by atoms with Crippen molar-refractivity contribution in [3.05, 3.63) is 107 Å². The Morgan fingerprint density at radius 2 is 1.71 bits per heavy atom. The average Bonchev–Trinajstić information content (AvgIpc) is 2.86. The number of aromatic nitrogens is 1. The number of aliphatic carboxylic acids is 1. The van der Waals surface area contributed by atoms with Crippen molar-refractivity contribution in [3.8, 4) is 5.75 Å². The van der Waals surface area contributed by atoms with Crippen LogP contribution >= 0.6 is 11.6 Å². The van der Waals surface area contributed by atoms with E-state index in [2.05, 4.69) is 4.98 Å². The number of ether oxygens (including phenoxy) is 2. The Bertz CT molecular complexity index is 1230. The van der Waals surface area contributed by atoms with E-state index in [4.69, 9.17) is 26.2 Å². The van der Waals surface area contributed by atoms with Crippen LogP contribution in [0, 0.1) is 0 Å². The molecule has 0 radical (unpaired) electrons. The molecule has 3 aromatic carbocycles. The zero-order chi connectivity index (χ0) is 23.8. The zero-order valence-corrected chi connectivity index (χ0v) is 19.4. The first kappa shape index (κ1) is 23.7. The number of halogens is 1. The van der Waals surface area contributed by atoms with Crippen LogP contribution in [0.4, 0.5) is 0 Å². The maximum absolute atomic E-state index is 11.1. The summed E-state index contributed by atoms with van der Waals surface area (Å²) in [7, 11) is 0. The number of hydrogen-bond donors (Lipinski definition) is 1. The molecular weight excluding hydrogens is 450 g/mol. The van der Waals surface area contributed by atoms with E-state index in [9.17, 15) is 4.79 Å². The standard InChI is InChI=1S/C28H26ClNO4/c29-23-13-8-20(9-14-23)4-3-7-27(34-19-28(31)32)22-11-16-25(17-12-22)33-18-24-15-10-21-5-1-2-6-26(21)30-24/h1-2,5-6,8-17,27H,3-4,7,18-19H2,(H,31,32). The Kier molecular flexibility index (Phi) is 8.12. The van der Waals surface area contributed by atoms with Crippen LogP contribution in [0.2, 0.25) is 5.02 Å². The summed E-state index contributed by atoms with van der Waals surface area (Å²) in [6, 6.07) is 27.4. The van der Waals surface area contributed by atoms with Gasteiger partial charge in [-0.25, -0.2) is 9.78 Å². The highest BCUT2D eigenvalue weighted by atomic mass is 35.5. The summed E-state index contributed by atoms with van der Waals surface area (Å²) in [6.07, 6.45) is 2.12. The predicted octanol–water partition coefficient (Wildman–Crippen LogP) is 6.63. The number of hydrogen-bond acceptors (Lipinski definition) is 4. The molecule has 1 N–H and O–H groups in total. The Morgan fingerprint density at radius 3 is 2.47 bits per heavy atom. The molecule has 6 heteroatoms. The predicted molar refractivity (Wildman–Crippen MR) is 133 cm³/mol. The molecule has 0 aliphatic rings. The zero-order valence-electron chi connectivity index (χ0n) is 18.7. The minimum atomic E-state index is -0.981. The van der Waals surface area contributed by atoms with Crippen LogP contribution in [0.15, 0.2) is 84.9 Å². The highest BCUT2D eigenvalue weighted by Gasteiger charge is 2.14. The summed E-state index contributed by atoms with van der Waals surface area (Å²) < 4.78 is 11.6. The van der Waals surface area contributed by atoms with Crippen molar-refractivity contribution < 1.29 is 19.4 Å². The van der Waals surface area contributed by atoms with E-state index < -0.39 is 5.97 Å². The average molecular weight is 476 g/mol. The molecule has 1 heterocycles. The smallest absolute Gasteiger partial charge is 0.329 e. The second kappa shape index (κ2) is 11.6. The molecule has 5 nitrogen and oxygen atoms in total. The first-order chi connectivity index (χ1) is 16.6. The van der Waals surface area contributed by atoms with Gasteiger partial charge in [0.1, 0.15) is 19.0 Å². The van der Waals surface area contributed by atoms with Crippen molar-refractivity contribution in [1.29, 1.82) is 0 Å². The van der Waals surface area contributed by atoms with Gasteiger partial charge in [-0.05, 0) is 66.8 Å². The van der Waals surface area contributed by atoms with Crippen molar-refractivity contribution in [2.24, 2.45) is 0 Å². The lowest BCUT2D eigenvalue weighted by Crippen LogP contribution is -2.12. The summed E-state index contributed by atoms with van der Waals surface area (Å²) in [5.41, 5.74) is 3.91. The molecule has 0 amide bonds. The SMILES string of the molecule is O=C(O)COC(CCCc1ccc(Cl)cc1)c1ccc(OCc2ccc3ccccc3n2)cc1. The fraction of sp³-hybridized carbons (Fsp3) is 0.214. The largest absolute Gasteiger partial charge is 0.487 e. The molecule has 0 fully saturated rings. The highest BCUT2D eigenvalue weighted by molar-refractivity contribution is 6.30. The lowest BCUT2D eigenvalue weighted by Gasteiger charge is -2.18. The van der Waals surface area contributed by atoms with Crippen LogP contribution in [-0.2, 0) is 22.6 Å². The van der Waals surface area contributed by atoms with Gasteiger partial charge in [0.25, 0.3) is 0 Å². The molecule has 0 spiro atoms. The number of benzene rings is 3. The third kappa shape index (κ3) is 6.80. The first-order valence-corrected chi connectivity index (χ1v) is 11.6. The Morgan fingerprint density at radius 1 is 0.941 bits per heavy atom. The van der Waals surface area contributed by atoms with Gasteiger partial charge in [-0.2, -0.15) is 0 Å². The quantitative estimate of drug-likeness (QED) is 0.263. The van der Waals surface area contributed by atoms with E-state index >= 15 is 0 Å². The number of aryl methyl sites for hydroxylation is 1. The maximum Gasteiger partial charge on any atom is 0.329 e. The van der Waals surface area contributed by atoms with Gasteiger partial charge in [0.2, 0.25) is 0 Å². The number of rotatable bonds is 11. The molecule has 174 valence electrons. The van der Waals surface area contributed by atoms with Crippen LogP contribution in [0.1, 0.15) is 35.8 Å². The third-order valence-corrected chi connectivity index (χ3v) is 5.80. The summed E-state index contributed by atoms with van der Waals surface area (Å²) >= 11 is 5.95. The van der Waals surface area contributed by atoms with Gasteiger partial charge in [0, 0.05) is 10.4 Å². The molecule has 0 bridgehead atoms. The van der Waals surface area contributed by atoms with Crippen LogP contribution in [0.5, 0.6) is 5.75 Å².